The monoisotopic (exact) mass is 393 g/mol. The van der Waals surface area contributed by atoms with E-state index in [4.69, 9.17) is 0 Å². The zero-order valence-corrected chi connectivity index (χ0v) is 17.4. The van der Waals surface area contributed by atoms with Gasteiger partial charge < -0.3 is 15.1 Å². The summed E-state index contributed by atoms with van der Waals surface area (Å²) >= 11 is 0. The minimum absolute atomic E-state index is 0.00714. The highest BCUT2D eigenvalue weighted by molar-refractivity contribution is 5.79. The smallest absolute Gasteiger partial charge is 0.225 e. The third kappa shape index (κ3) is 6.08. The van der Waals surface area contributed by atoms with Gasteiger partial charge in [-0.15, -0.1) is 0 Å². The molecular weight excluding hydrogens is 362 g/mol. The van der Waals surface area contributed by atoms with E-state index in [1.165, 1.54) is 31.9 Å². The Kier molecular flexibility index (Phi) is 7.28. The minimum atomic E-state index is -0.315. The fraction of sp³-hybridized carbons (Fsp3) is 0.417. The van der Waals surface area contributed by atoms with Gasteiger partial charge in [0.05, 0.1) is 12.5 Å². The Morgan fingerprint density at radius 3 is 2.28 bits per heavy atom. The molecule has 1 heterocycles. The maximum atomic E-state index is 12.8. The summed E-state index contributed by atoms with van der Waals surface area (Å²) in [5.41, 5.74) is 3.31. The number of benzene rings is 2. The fourth-order valence-corrected chi connectivity index (χ4v) is 3.84. The summed E-state index contributed by atoms with van der Waals surface area (Å²) in [5, 5.41) is 2.90. The van der Waals surface area contributed by atoms with Crippen LogP contribution < -0.4 is 10.2 Å². The average molecular weight is 394 g/mol. The van der Waals surface area contributed by atoms with E-state index >= 15 is 0 Å². The van der Waals surface area contributed by atoms with Crippen molar-refractivity contribution in [1.82, 2.24) is 10.2 Å². The predicted molar refractivity (Wildman–Crippen MR) is 117 cm³/mol. The molecule has 2 aromatic rings. The molecule has 0 saturated carbocycles. The van der Waals surface area contributed by atoms with Crippen molar-refractivity contribution in [3.63, 3.8) is 0 Å². The van der Waals surface area contributed by atoms with Gasteiger partial charge in [-0.1, -0.05) is 42.5 Å². The lowest BCUT2D eigenvalue weighted by Gasteiger charge is -2.29. The van der Waals surface area contributed by atoms with E-state index < -0.39 is 0 Å². The van der Waals surface area contributed by atoms with E-state index in [9.17, 15) is 9.59 Å². The second kappa shape index (κ2) is 10.1. The van der Waals surface area contributed by atoms with E-state index in [1.54, 1.807) is 4.90 Å². The molecule has 1 unspecified atom stereocenters. The molecule has 5 nitrogen and oxygen atoms in total. The molecule has 1 fully saturated rings. The summed E-state index contributed by atoms with van der Waals surface area (Å²) in [5.74, 6) is -0.129. The molecule has 1 atom stereocenters. The highest BCUT2D eigenvalue weighted by Crippen LogP contribution is 2.22. The summed E-state index contributed by atoms with van der Waals surface area (Å²) in [6.07, 6.45) is 4.08. The highest BCUT2D eigenvalue weighted by Gasteiger charge is 2.19. The molecule has 0 aliphatic carbocycles. The van der Waals surface area contributed by atoms with Crippen molar-refractivity contribution < 1.29 is 9.59 Å². The molecule has 3 rings (SSSR count). The van der Waals surface area contributed by atoms with Crippen molar-refractivity contribution in [2.45, 2.75) is 45.2 Å². The molecule has 1 aliphatic rings. The van der Waals surface area contributed by atoms with Gasteiger partial charge in [-0.2, -0.15) is 0 Å². The summed E-state index contributed by atoms with van der Waals surface area (Å²) < 4.78 is 0. The molecule has 0 spiro atoms. The standard InChI is InChI=1S/C24H31N3O2/c1-19(28)25-23(21-9-5-3-6-10-21)17-24(29)26(2)18-20-11-13-22(14-12-20)27-15-7-4-8-16-27/h3,5-6,9-14,23H,4,7-8,15-18H2,1-2H3,(H,25,28). The summed E-state index contributed by atoms with van der Waals surface area (Å²) in [6, 6.07) is 17.9. The number of carbonyl (C=O) groups excluding carboxylic acids is 2. The Bertz CT molecular complexity index is 799. The summed E-state index contributed by atoms with van der Waals surface area (Å²) in [4.78, 5) is 28.5. The van der Waals surface area contributed by atoms with Gasteiger partial charge in [-0.25, -0.2) is 0 Å². The van der Waals surface area contributed by atoms with Gasteiger partial charge in [-0.3, -0.25) is 9.59 Å². The molecule has 1 aliphatic heterocycles. The van der Waals surface area contributed by atoms with Gasteiger partial charge in [0, 0.05) is 39.3 Å². The van der Waals surface area contributed by atoms with Gasteiger partial charge >= 0.3 is 0 Å². The second-order valence-electron chi connectivity index (χ2n) is 7.83. The quantitative estimate of drug-likeness (QED) is 0.776. The van der Waals surface area contributed by atoms with Crippen LogP contribution in [0.3, 0.4) is 0 Å². The molecule has 0 bridgehead atoms. The summed E-state index contributed by atoms with van der Waals surface area (Å²) in [6.45, 7) is 4.29. The minimum Gasteiger partial charge on any atom is -0.372 e. The Balaban J connectivity index is 1.59. The molecule has 0 aromatic heterocycles. The van der Waals surface area contributed by atoms with E-state index in [-0.39, 0.29) is 24.3 Å². The van der Waals surface area contributed by atoms with Crippen LogP contribution in [0.1, 0.15) is 49.8 Å². The largest absolute Gasteiger partial charge is 0.372 e. The van der Waals surface area contributed by atoms with Crippen molar-refractivity contribution in [1.29, 1.82) is 0 Å². The maximum Gasteiger partial charge on any atom is 0.225 e. The SMILES string of the molecule is CC(=O)NC(CC(=O)N(C)Cc1ccc(N2CCCCC2)cc1)c1ccccc1. The van der Waals surface area contributed by atoms with E-state index in [0.717, 1.165) is 24.2 Å². The van der Waals surface area contributed by atoms with Crippen molar-refractivity contribution in [2.75, 3.05) is 25.0 Å². The summed E-state index contributed by atoms with van der Waals surface area (Å²) in [7, 11) is 1.82. The highest BCUT2D eigenvalue weighted by atomic mass is 16.2. The molecule has 5 heteroatoms. The Hall–Kier alpha value is -2.82. The van der Waals surface area contributed by atoms with Crippen molar-refractivity contribution in [3.05, 3.63) is 65.7 Å². The first kappa shape index (κ1) is 20.9. The van der Waals surface area contributed by atoms with Gasteiger partial charge in [0.1, 0.15) is 0 Å². The van der Waals surface area contributed by atoms with Crippen LogP contribution in [-0.2, 0) is 16.1 Å². The fourth-order valence-electron chi connectivity index (χ4n) is 3.84. The molecule has 154 valence electrons. The van der Waals surface area contributed by atoms with Gasteiger partial charge in [0.25, 0.3) is 0 Å². The third-order valence-electron chi connectivity index (χ3n) is 5.46. The zero-order chi connectivity index (χ0) is 20.6. The van der Waals surface area contributed by atoms with Crippen LogP contribution >= 0.6 is 0 Å². The van der Waals surface area contributed by atoms with E-state index in [2.05, 4.69) is 34.5 Å². The van der Waals surface area contributed by atoms with E-state index in [1.807, 2.05) is 37.4 Å². The maximum absolute atomic E-state index is 12.8. The Labute approximate surface area is 173 Å². The number of amides is 2. The molecular formula is C24H31N3O2. The van der Waals surface area contributed by atoms with Crippen LogP contribution in [0.4, 0.5) is 5.69 Å². The number of nitrogens with one attached hydrogen (secondary N) is 1. The number of anilines is 1. The molecule has 2 aromatic carbocycles. The number of nitrogens with zero attached hydrogens (tertiary/aromatic N) is 2. The molecule has 29 heavy (non-hydrogen) atoms. The van der Waals surface area contributed by atoms with Crippen LogP contribution in [-0.4, -0.2) is 36.9 Å². The Morgan fingerprint density at radius 1 is 1.00 bits per heavy atom. The predicted octanol–water partition coefficient (Wildman–Crippen LogP) is 3.90. The molecule has 0 radical (unpaired) electrons. The van der Waals surface area contributed by atoms with Crippen LogP contribution in [0.5, 0.6) is 0 Å². The number of rotatable bonds is 7. The lowest BCUT2D eigenvalue weighted by Crippen LogP contribution is -2.33. The zero-order valence-electron chi connectivity index (χ0n) is 17.4. The van der Waals surface area contributed by atoms with Gasteiger partial charge in [0.2, 0.25) is 11.8 Å². The first-order chi connectivity index (χ1) is 14.0. The average Bonchev–Trinajstić information content (AvgIpc) is 2.74. The first-order valence-corrected chi connectivity index (χ1v) is 10.4. The van der Waals surface area contributed by atoms with Crippen molar-refractivity contribution >= 4 is 17.5 Å². The van der Waals surface area contributed by atoms with Crippen molar-refractivity contribution in [3.8, 4) is 0 Å². The van der Waals surface area contributed by atoms with Gasteiger partial charge in [0.15, 0.2) is 0 Å². The first-order valence-electron chi connectivity index (χ1n) is 10.4. The topological polar surface area (TPSA) is 52.7 Å². The lowest BCUT2D eigenvalue weighted by molar-refractivity contribution is -0.131. The number of hydrogen-bond acceptors (Lipinski definition) is 3. The van der Waals surface area contributed by atoms with Gasteiger partial charge in [-0.05, 0) is 42.5 Å². The Morgan fingerprint density at radius 2 is 1.66 bits per heavy atom. The number of piperidine rings is 1. The second-order valence-corrected chi connectivity index (χ2v) is 7.83. The van der Waals surface area contributed by atoms with Crippen LogP contribution in [0.15, 0.2) is 54.6 Å². The lowest BCUT2D eigenvalue weighted by atomic mass is 10.0. The van der Waals surface area contributed by atoms with Crippen LogP contribution in [0.2, 0.25) is 0 Å². The molecule has 1 N–H and O–H groups in total. The van der Waals surface area contributed by atoms with Crippen LogP contribution in [0, 0.1) is 0 Å². The number of hydrogen-bond donors (Lipinski definition) is 1. The molecule has 1 saturated heterocycles. The van der Waals surface area contributed by atoms with Crippen LogP contribution in [0.25, 0.3) is 0 Å². The molecule has 2 amide bonds. The van der Waals surface area contributed by atoms with E-state index in [0.29, 0.717) is 6.54 Å². The van der Waals surface area contributed by atoms with Crippen molar-refractivity contribution in [2.24, 2.45) is 0 Å². The third-order valence-corrected chi connectivity index (χ3v) is 5.46. The number of carbonyl (C=O) groups is 2. The normalized spacial score (nSPS) is 14.9.